The van der Waals surface area contributed by atoms with E-state index in [0.29, 0.717) is 35.1 Å². The van der Waals surface area contributed by atoms with Crippen molar-refractivity contribution in [3.8, 4) is 11.1 Å². The maximum absolute atomic E-state index is 14.5. The van der Waals surface area contributed by atoms with Gasteiger partial charge in [0.05, 0.1) is 11.1 Å². The summed E-state index contributed by atoms with van der Waals surface area (Å²) in [5.41, 5.74) is 7.88. The Balaban J connectivity index is 1.13. The quantitative estimate of drug-likeness (QED) is 0.100. The summed E-state index contributed by atoms with van der Waals surface area (Å²) in [6.45, 7) is 12.3. The van der Waals surface area contributed by atoms with E-state index in [0.717, 1.165) is 119 Å². The Kier molecular flexibility index (Phi) is 12.3. The molecule has 0 unspecified atom stereocenters. The average Bonchev–Trinajstić information content (AvgIpc) is 3.60. The lowest BCUT2D eigenvalue weighted by Gasteiger charge is -2.43. The van der Waals surface area contributed by atoms with Gasteiger partial charge in [0.1, 0.15) is 0 Å². The van der Waals surface area contributed by atoms with Crippen molar-refractivity contribution in [2.75, 3.05) is 49.2 Å². The molecule has 0 aromatic heterocycles. The van der Waals surface area contributed by atoms with E-state index in [9.17, 15) is 19.2 Å². The molecule has 0 bridgehead atoms. The first kappa shape index (κ1) is 43.6. The molecular formula is C55H58N2O4S2. The van der Waals surface area contributed by atoms with E-state index in [1.54, 1.807) is 12.1 Å². The molecule has 0 radical (unpaired) electrons. The number of carbonyl (C=O) groups is 4. The number of rotatable bonds is 14. The molecule has 0 atom stereocenters. The van der Waals surface area contributed by atoms with Crippen LogP contribution in [0.3, 0.4) is 0 Å². The maximum atomic E-state index is 14.5. The third-order valence-corrected chi connectivity index (χ3v) is 17.1. The molecule has 8 heteroatoms. The molecule has 0 amide bonds. The summed E-state index contributed by atoms with van der Waals surface area (Å²) in [7, 11) is 0. The van der Waals surface area contributed by atoms with Crippen molar-refractivity contribution in [2.45, 2.75) is 82.7 Å². The third kappa shape index (κ3) is 7.30. The molecule has 2 heterocycles. The Morgan fingerprint density at radius 1 is 0.492 bits per heavy atom. The Bertz CT molecular complexity index is 2470. The molecule has 324 valence electrons. The monoisotopic (exact) mass is 874 g/mol. The minimum absolute atomic E-state index is 0.129. The van der Waals surface area contributed by atoms with Crippen LogP contribution in [0.2, 0.25) is 0 Å². The second-order valence-electron chi connectivity index (χ2n) is 17.9. The highest BCUT2D eigenvalue weighted by Crippen LogP contribution is 2.54. The van der Waals surface area contributed by atoms with Crippen LogP contribution in [-0.4, -0.2) is 93.2 Å². The number of ketones is 4. The molecule has 0 saturated carbocycles. The highest BCUT2D eigenvalue weighted by molar-refractivity contribution is 7.99. The molecule has 0 N–H and O–H groups in total. The van der Waals surface area contributed by atoms with Crippen LogP contribution in [0.25, 0.3) is 11.1 Å². The molecule has 63 heavy (non-hydrogen) atoms. The van der Waals surface area contributed by atoms with Gasteiger partial charge >= 0.3 is 0 Å². The van der Waals surface area contributed by atoms with Gasteiger partial charge in [-0.05, 0) is 84.0 Å². The van der Waals surface area contributed by atoms with Crippen LogP contribution in [0, 0.1) is 0 Å². The standard InChI is InChI=1S/C55H58N2O4S2/c1-5-54(6-2,56-25-29-62-30-26-56)51(60)39-21-17-37(18-22-39)35-53(36-38-19-23-40(24-20-38)52(61)55(7-3,8-4)57-27-31-63-32-28-57)47-16-12-11-13-41(47)44-33-45-46(34-48(44)53)50(59)43-15-10-9-14-42(43)49(45)58/h9-24,33-34H,5-8,25-32,35-36H2,1-4H3. The lowest BCUT2D eigenvalue weighted by atomic mass is 9.68. The fourth-order valence-corrected chi connectivity index (χ4v) is 13.4. The minimum Gasteiger partial charge on any atom is -0.292 e. The van der Waals surface area contributed by atoms with Gasteiger partial charge in [-0.15, -0.1) is 0 Å². The zero-order chi connectivity index (χ0) is 43.9. The predicted molar refractivity (Wildman–Crippen MR) is 259 cm³/mol. The van der Waals surface area contributed by atoms with Crippen LogP contribution in [0.5, 0.6) is 0 Å². The van der Waals surface area contributed by atoms with Crippen LogP contribution in [0.4, 0.5) is 0 Å². The Hall–Kier alpha value is -4.60. The number of thioether (sulfide) groups is 2. The molecule has 2 aliphatic carbocycles. The summed E-state index contributed by atoms with van der Waals surface area (Å²) in [6, 6.07) is 36.1. The van der Waals surface area contributed by atoms with Gasteiger partial charge < -0.3 is 0 Å². The highest BCUT2D eigenvalue weighted by Gasteiger charge is 2.47. The van der Waals surface area contributed by atoms with E-state index >= 15 is 0 Å². The number of nitrogens with zero attached hydrogens (tertiary/aromatic N) is 2. The summed E-state index contributed by atoms with van der Waals surface area (Å²) in [5.74, 6) is 4.30. The molecule has 2 fully saturated rings. The lowest BCUT2D eigenvalue weighted by Crippen LogP contribution is -2.56. The van der Waals surface area contributed by atoms with Crippen molar-refractivity contribution in [2.24, 2.45) is 0 Å². The van der Waals surface area contributed by atoms with Crippen LogP contribution in [-0.2, 0) is 18.3 Å². The first-order valence-corrected chi connectivity index (χ1v) is 25.4. The lowest BCUT2D eigenvalue weighted by molar-refractivity contribution is 0.0530. The molecule has 9 rings (SSSR count). The second kappa shape index (κ2) is 17.8. The summed E-state index contributed by atoms with van der Waals surface area (Å²) < 4.78 is 0. The SMILES string of the molecule is CCC(CC)(C(=O)c1ccc(CC2(Cc3ccc(C(=O)C(CC)(CC)N4CCSCC4)cc3)c3ccccc3-c3cc4c(cc32)C(=O)c2ccccc2C4=O)cc1)N1CCSCC1. The minimum atomic E-state index is -0.636. The van der Waals surface area contributed by atoms with Crippen LogP contribution in [0.1, 0.15) is 128 Å². The number of Topliss-reactive ketones (excluding diaryl/α,β-unsaturated/α-hetero) is 2. The second-order valence-corrected chi connectivity index (χ2v) is 20.3. The molecule has 0 spiro atoms. The van der Waals surface area contributed by atoms with Crippen molar-refractivity contribution in [1.29, 1.82) is 0 Å². The topological polar surface area (TPSA) is 74.8 Å². The van der Waals surface area contributed by atoms with E-state index in [2.05, 4.69) is 80.0 Å². The van der Waals surface area contributed by atoms with Crippen LogP contribution in [0.15, 0.2) is 109 Å². The number of carbonyl (C=O) groups excluding carboxylic acids is 4. The van der Waals surface area contributed by atoms with Crippen molar-refractivity contribution < 1.29 is 19.2 Å². The highest BCUT2D eigenvalue weighted by atomic mass is 32.2. The van der Waals surface area contributed by atoms with Gasteiger partial charge in [0, 0.05) is 88.0 Å². The van der Waals surface area contributed by atoms with Gasteiger partial charge in [0.15, 0.2) is 23.1 Å². The molecule has 5 aromatic carbocycles. The number of fused-ring (bicyclic) bond motifs is 5. The smallest absolute Gasteiger partial charge is 0.194 e. The molecular weight excluding hydrogens is 817 g/mol. The third-order valence-electron chi connectivity index (χ3n) is 15.2. The van der Waals surface area contributed by atoms with Gasteiger partial charge in [-0.3, -0.25) is 29.0 Å². The summed E-state index contributed by atoms with van der Waals surface area (Å²) in [4.78, 5) is 62.3. The first-order valence-electron chi connectivity index (χ1n) is 23.0. The Morgan fingerprint density at radius 3 is 1.32 bits per heavy atom. The van der Waals surface area contributed by atoms with Crippen LogP contribution >= 0.6 is 23.5 Å². The Labute approximate surface area is 381 Å². The largest absolute Gasteiger partial charge is 0.292 e. The number of hydrogen-bond acceptors (Lipinski definition) is 8. The normalized spacial score (nSPS) is 17.5. The van der Waals surface area contributed by atoms with Crippen LogP contribution < -0.4 is 0 Å². The predicted octanol–water partition coefficient (Wildman–Crippen LogP) is 10.8. The molecule has 5 aromatic rings. The fraction of sp³-hybridized carbons (Fsp3) is 0.382. The molecule has 6 nitrogen and oxygen atoms in total. The fourth-order valence-electron chi connectivity index (χ4n) is 11.6. The van der Waals surface area contributed by atoms with Gasteiger partial charge in [-0.2, -0.15) is 23.5 Å². The van der Waals surface area contributed by atoms with Gasteiger partial charge in [0.25, 0.3) is 0 Å². The van der Waals surface area contributed by atoms with Crippen molar-refractivity contribution in [3.05, 3.63) is 165 Å². The van der Waals surface area contributed by atoms with E-state index in [4.69, 9.17) is 0 Å². The maximum Gasteiger partial charge on any atom is 0.194 e. The Morgan fingerprint density at radius 2 is 0.889 bits per heavy atom. The zero-order valence-corrected chi connectivity index (χ0v) is 38.8. The molecule has 4 aliphatic rings. The molecule has 2 aliphatic heterocycles. The van der Waals surface area contributed by atoms with Crippen molar-refractivity contribution in [1.82, 2.24) is 9.80 Å². The van der Waals surface area contributed by atoms with Gasteiger partial charge in [-0.25, -0.2) is 0 Å². The average molecular weight is 875 g/mol. The number of benzene rings is 5. The summed E-state index contributed by atoms with van der Waals surface area (Å²) in [6.07, 6.45) is 4.26. The number of hydrogen-bond donors (Lipinski definition) is 0. The first-order chi connectivity index (χ1) is 30.6. The van der Waals surface area contributed by atoms with E-state index in [1.165, 1.54) is 0 Å². The van der Waals surface area contributed by atoms with Gasteiger partial charge in [-0.1, -0.05) is 125 Å². The summed E-state index contributed by atoms with van der Waals surface area (Å²) >= 11 is 3.92. The molecule has 2 saturated heterocycles. The van der Waals surface area contributed by atoms with E-state index in [1.807, 2.05) is 78.1 Å². The van der Waals surface area contributed by atoms with Crippen molar-refractivity contribution >= 4 is 46.7 Å². The van der Waals surface area contributed by atoms with E-state index in [-0.39, 0.29) is 23.1 Å². The van der Waals surface area contributed by atoms with E-state index < -0.39 is 16.5 Å². The van der Waals surface area contributed by atoms with Gasteiger partial charge in [0.2, 0.25) is 0 Å². The zero-order valence-electron chi connectivity index (χ0n) is 37.1. The summed E-state index contributed by atoms with van der Waals surface area (Å²) in [5, 5.41) is 0. The van der Waals surface area contributed by atoms with Crippen molar-refractivity contribution in [3.63, 3.8) is 0 Å².